The first kappa shape index (κ1) is 13.8. The van der Waals surface area contributed by atoms with Crippen LogP contribution >= 0.6 is 11.3 Å². The van der Waals surface area contributed by atoms with Crippen molar-refractivity contribution in [2.24, 2.45) is 0 Å². The summed E-state index contributed by atoms with van der Waals surface area (Å²) in [6.45, 7) is 0. The van der Waals surface area contributed by atoms with Crippen LogP contribution in [0.5, 0.6) is 0 Å². The van der Waals surface area contributed by atoms with Gasteiger partial charge in [0.2, 0.25) is 0 Å². The van der Waals surface area contributed by atoms with E-state index < -0.39 is 5.97 Å². The van der Waals surface area contributed by atoms with Gasteiger partial charge in [-0.1, -0.05) is 0 Å². The number of anilines is 1. The van der Waals surface area contributed by atoms with Gasteiger partial charge in [0.25, 0.3) is 5.91 Å². The van der Waals surface area contributed by atoms with Crippen LogP contribution in [0, 0.1) is 11.3 Å². The molecule has 1 aromatic heterocycles. The smallest absolute Gasteiger partial charge is 0.348 e. The van der Waals surface area contributed by atoms with Gasteiger partial charge in [-0.3, -0.25) is 4.79 Å². The molecule has 2 aromatic rings. The second kappa shape index (κ2) is 5.99. The lowest BCUT2D eigenvalue weighted by Gasteiger charge is -2.02. The highest BCUT2D eigenvalue weighted by molar-refractivity contribution is 7.16. The van der Waals surface area contributed by atoms with Crippen molar-refractivity contribution >= 4 is 28.9 Å². The third kappa shape index (κ3) is 3.02. The molecule has 6 heteroatoms. The Morgan fingerprint density at radius 3 is 2.40 bits per heavy atom. The Bertz CT molecular complexity index is 683. The molecule has 0 aliphatic rings. The molecule has 20 heavy (non-hydrogen) atoms. The quantitative estimate of drug-likeness (QED) is 0.880. The number of amides is 1. The number of carbonyl (C=O) groups is 2. The molecule has 0 aliphatic carbocycles. The summed E-state index contributed by atoms with van der Waals surface area (Å²) < 4.78 is 4.58. The van der Waals surface area contributed by atoms with Gasteiger partial charge < -0.3 is 10.1 Å². The zero-order chi connectivity index (χ0) is 14.5. The van der Waals surface area contributed by atoms with E-state index in [-0.39, 0.29) is 5.91 Å². The van der Waals surface area contributed by atoms with Crippen molar-refractivity contribution < 1.29 is 14.3 Å². The Labute approximate surface area is 119 Å². The molecule has 0 atom stereocenters. The van der Waals surface area contributed by atoms with Crippen molar-refractivity contribution in [2.45, 2.75) is 0 Å². The summed E-state index contributed by atoms with van der Waals surface area (Å²) in [5.41, 5.74) is 1.11. The number of hydrogen-bond donors (Lipinski definition) is 1. The van der Waals surface area contributed by atoms with E-state index in [4.69, 9.17) is 5.26 Å². The number of nitriles is 1. The average molecular weight is 286 g/mol. The van der Waals surface area contributed by atoms with E-state index in [1.807, 2.05) is 6.07 Å². The molecule has 0 aliphatic heterocycles. The average Bonchev–Trinajstić information content (AvgIpc) is 2.97. The molecular formula is C14H10N2O3S. The first-order valence-corrected chi connectivity index (χ1v) is 6.45. The van der Waals surface area contributed by atoms with Crippen LogP contribution in [0.3, 0.4) is 0 Å². The van der Waals surface area contributed by atoms with E-state index in [2.05, 4.69) is 10.1 Å². The van der Waals surface area contributed by atoms with Gasteiger partial charge in [0.1, 0.15) is 4.88 Å². The number of nitrogens with one attached hydrogen (secondary N) is 1. The molecule has 1 heterocycles. The predicted octanol–water partition coefficient (Wildman–Crippen LogP) is 2.66. The minimum absolute atomic E-state index is 0.310. The number of rotatable bonds is 3. The highest BCUT2D eigenvalue weighted by atomic mass is 32.1. The molecule has 1 N–H and O–H groups in total. The van der Waals surface area contributed by atoms with Crippen LogP contribution in [0.15, 0.2) is 36.4 Å². The highest BCUT2D eigenvalue weighted by Crippen LogP contribution is 2.19. The second-order valence-corrected chi connectivity index (χ2v) is 4.88. The SMILES string of the molecule is COC(=O)c1ccc(C(=O)Nc2ccc(C#N)cc2)s1. The van der Waals surface area contributed by atoms with Gasteiger partial charge in [0.15, 0.2) is 0 Å². The monoisotopic (exact) mass is 286 g/mol. The minimum atomic E-state index is -0.465. The Morgan fingerprint density at radius 2 is 1.80 bits per heavy atom. The molecule has 0 unspecified atom stereocenters. The van der Waals surface area contributed by atoms with Gasteiger partial charge in [-0.05, 0) is 36.4 Å². The summed E-state index contributed by atoms with van der Waals surface area (Å²) >= 11 is 1.06. The summed E-state index contributed by atoms with van der Waals surface area (Å²) in [6, 6.07) is 11.6. The summed E-state index contributed by atoms with van der Waals surface area (Å²) in [7, 11) is 1.29. The van der Waals surface area contributed by atoms with E-state index in [9.17, 15) is 9.59 Å². The van der Waals surface area contributed by atoms with Crippen molar-refractivity contribution in [2.75, 3.05) is 12.4 Å². The number of esters is 1. The zero-order valence-electron chi connectivity index (χ0n) is 10.5. The molecule has 5 nitrogen and oxygen atoms in total. The summed E-state index contributed by atoms with van der Waals surface area (Å²) in [6.07, 6.45) is 0. The third-order valence-electron chi connectivity index (χ3n) is 2.49. The number of thiophene rings is 1. The third-order valence-corrected chi connectivity index (χ3v) is 3.55. The molecule has 0 saturated carbocycles. The Kier molecular flexibility index (Phi) is 4.13. The first-order chi connectivity index (χ1) is 9.63. The largest absolute Gasteiger partial charge is 0.465 e. The molecule has 1 amide bonds. The van der Waals surface area contributed by atoms with E-state index in [0.29, 0.717) is 21.0 Å². The second-order valence-electron chi connectivity index (χ2n) is 3.80. The fraction of sp³-hybridized carbons (Fsp3) is 0.0714. The standard InChI is InChI=1S/C14H10N2O3S/c1-19-14(18)12-7-6-11(20-12)13(17)16-10-4-2-9(8-15)3-5-10/h2-7H,1H3,(H,16,17). The van der Waals surface area contributed by atoms with Crippen LogP contribution in [0.25, 0.3) is 0 Å². The van der Waals surface area contributed by atoms with E-state index in [0.717, 1.165) is 11.3 Å². The number of carbonyl (C=O) groups excluding carboxylic acids is 2. The number of hydrogen-bond acceptors (Lipinski definition) is 5. The maximum absolute atomic E-state index is 12.0. The minimum Gasteiger partial charge on any atom is -0.465 e. The Morgan fingerprint density at radius 1 is 1.15 bits per heavy atom. The van der Waals surface area contributed by atoms with Crippen molar-refractivity contribution in [3.05, 3.63) is 51.7 Å². The highest BCUT2D eigenvalue weighted by Gasteiger charge is 2.14. The van der Waals surface area contributed by atoms with Crippen molar-refractivity contribution in [3.63, 3.8) is 0 Å². The van der Waals surface area contributed by atoms with Gasteiger partial charge >= 0.3 is 5.97 Å². The van der Waals surface area contributed by atoms with E-state index in [1.165, 1.54) is 7.11 Å². The van der Waals surface area contributed by atoms with Crippen LogP contribution in [0.1, 0.15) is 24.9 Å². The lowest BCUT2D eigenvalue weighted by Crippen LogP contribution is -2.09. The van der Waals surface area contributed by atoms with E-state index in [1.54, 1.807) is 36.4 Å². The lowest BCUT2D eigenvalue weighted by atomic mass is 10.2. The first-order valence-electron chi connectivity index (χ1n) is 5.63. The van der Waals surface area contributed by atoms with Gasteiger partial charge in [-0.2, -0.15) is 5.26 Å². The topological polar surface area (TPSA) is 79.2 Å². The number of methoxy groups -OCH3 is 1. The van der Waals surface area contributed by atoms with Gasteiger partial charge in [-0.25, -0.2) is 4.79 Å². The van der Waals surface area contributed by atoms with Crippen LogP contribution in [-0.4, -0.2) is 19.0 Å². The molecule has 0 radical (unpaired) electrons. The molecule has 1 aromatic carbocycles. The van der Waals surface area contributed by atoms with Crippen LogP contribution in [-0.2, 0) is 4.74 Å². The van der Waals surface area contributed by atoms with E-state index >= 15 is 0 Å². The molecule has 0 bridgehead atoms. The number of ether oxygens (including phenoxy) is 1. The molecule has 100 valence electrons. The van der Waals surface area contributed by atoms with Gasteiger partial charge in [0, 0.05) is 5.69 Å². The van der Waals surface area contributed by atoms with Crippen molar-refractivity contribution in [3.8, 4) is 6.07 Å². The molecule has 0 spiro atoms. The van der Waals surface area contributed by atoms with Gasteiger partial charge in [0.05, 0.1) is 23.6 Å². The molecule has 2 rings (SSSR count). The Hall–Kier alpha value is -2.65. The van der Waals surface area contributed by atoms with Crippen molar-refractivity contribution in [1.29, 1.82) is 5.26 Å². The molecule has 0 saturated heterocycles. The lowest BCUT2D eigenvalue weighted by molar-refractivity contribution is 0.0606. The molecule has 0 fully saturated rings. The maximum Gasteiger partial charge on any atom is 0.348 e. The fourth-order valence-corrected chi connectivity index (χ4v) is 2.31. The Balaban J connectivity index is 2.09. The van der Waals surface area contributed by atoms with Crippen LogP contribution in [0.4, 0.5) is 5.69 Å². The number of benzene rings is 1. The summed E-state index contributed by atoms with van der Waals surface area (Å²) in [5.74, 6) is -0.776. The predicted molar refractivity (Wildman–Crippen MR) is 74.8 cm³/mol. The van der Waals surface area contributed by atoms with Crippen molar-refractivity contribution in [1.82, 2.24) is 0 Å². The molecular weight excluding hydrogens is 276 g/mol. The number of nitrogens with zero attached hydrogens (tertiary/aromatic N) is 1. The normalized spacial score (nSPS) is 9.60. The summed E-state index contributed by atoms with van der Waals surface area (Å²) in [4.78, 5) is 24.1. The fourth-order valence-electron chi connectivity index (χ4n) is 1.49. The van der Waals surface area contributed by atoms with Crippen LogP contribution in [0.2, 0.25) is 0 Å². The van der Waals surface area contributed by atoms with Crippen LogP contribution < -0.4 is 5.32 Å². The summed E-state index contributed by atoms with van der Waals surface area (Å²) in [5, 5.41) is 11.4. The maximum atomic E-state index is 12.0. The van der Waals surface area contributed by atoms with Gasteiger partial charge in [-0.15, -0.1) is 11.3 Å². The zero-order valence-corrected chi connectivity index (χ0v) is 11.4.